The second-order valence-electron chi connectivity index (χ2n) is 6.01. The molecule has 1 aromatic heterocycles. The van der Waals surface area contributed by atoms with Gasteiger partial charge in [0.1, 0.15) is 17.4 Å². The molecule has 1 saturated heterocycles. The van der Waals surface area contributed by atoms with Crippen LogP contribution in [0.3, 0.4) is 0 Å². The summed E-state index contributed by atoms with van der Waals surface area (Å²) < 4.78 is 31.8. The Kier molecular flexibility index (Phi) is 5.75. The van der Waals surface area contributed by atoms with Crippen LogP contribution in [0.5, 0.6) is 11.5 Å². The maximum atomic E-state index is 13.6. The molecule has 0 saturated carbocycles. The third-order valence-corrected chi connectivity index (χ3v) is 4.19. The molecule has 26 heavy (non-hydrogen) atoms. The molecule has 1 aliphatic rings. The number of nitrogens with zero attached hydrogens (tertiary/aromatic N) is 2. The van der Waals surface area contributed by atoms with Gasteiger partial charge >= 0.3 is 0 Å². The Morgan fingerprint density at radius 3 is 2.69 bits per heavy atom. The standard InChI is InChI=1S/C18H20F2N4O2/c1-12(24-8-6-21-7-9-24)18(25)23-17-5-3-14(11-22-17)26-16-4-2-13(19)10-15(16)20/h2-5,10-12,21H,6-9H2,1H3,(H,22,23,25)/t12-/m0/s1. The quantitative estimate of drug-likeness (QED) is 0.855. The van der Waals surface area contributed by atoms with Gasteiger partial charge in [-0.2, -0.15) is 0 Å². The van der Waals surface area contributed by atoms with Crippen LogP contribution in [-0.4, -0.2) is 48.0 Å². The Labute approximate surface area is 150 Å². The van der Waals surface area contributed by atoms with E-state index in [1.54, 1.807) is 12.1 Å². The summed E-state index contributed by atoms with van der Waals surface area (Å²) in [5.41, 5.74) is 0. The predicted molar refractivity (Wildman–Crippen MR) is 93.2 cm³/mol. The van der Waals surface area contributed by atoms with Crippen LogP contribution in [0, 0.1) is 11.6 Å². The molecule has 6 nitrogen and oxygen atoms in total. The lowest BCUT2D eigenvalue weighted by Crippen LogP contribution is -2.51. The monoisotopic (exact) mass is 362 g/mol. The predicted octanol–water partition coefficient (Wildman–Crippen LogP) is 2.38. The molecule has 1 aromatic carbocycles. The van der Waals surface area contributed by atoms with Gasteiger partial charge in [0.15, 0.2) is 11.6 Å². The molecule has 1 fully saturated rings. The number of amides is 1. The summed E-state index contributed by atoms with van der Waals surface area (Å²) in [5.74, 6) is -1.06. The van der Waals surface area contributed by atoms with Crippen molar-refractivity contribution in [2.45, 2.75) is 13.0 Å². The van der Waals surface area contributed by atoms with Crippen LogP contribution in [0.2, 0.25) is 0 Å². The molecule has 1 amide bonds. The van der Waals surface area contributed by atoms with Crippen molar-refractivity contribution in [2.24, 2.45) is 0 Å². The number of ether oxygens (including phenoxy) is 1. The first kappa shape index (κ1) is 18.2. The van der Waals surface area contributed by atoms with Crippen LogP contribution in [0.15, 0.2) is 36.5 Å². The van der Waals surface area contributed by atoms with E-state index in [4.69, 9.17) is 4.74 Å². The molecule has 0 aliphatic carbocycles. The first-order chi connectivity index (χ1) is 12.5. The van der Waals surface area contributed by atoms with E-state index in [1.807, 2.05) is 6.92 Å². The maximum Gasteiger partial charge on any atom is 0.242 e. The van der Waals surface area contributed by atoms with Gasteiger partial charge in [-0.3, -0.25) is 9.69 Å². The van der Waals surface area contributed by atoms with Gasteiger partial charge in [0, 0.05) is 32.2 Å². The third kappa shape index (κ3) is 4.53. The Morgan fingerprint density at radius 2 is 2.04 bits per heavy atom. The smallest absolute Gasteiger partial charge is 0.242 e. The average Bonchev–Trinajstić information content (AvgIpc) is 2.65. The van der Waals surface area contributed by atoms with Crippen molar-refractivity contribution < 1.29 is 18.3 Å². The van der Waals surface area contributed by atoms with Gasteiger partial charge in [-0.05, 0) is 31.2 Å². The van der Waals surface area contributed by atoms with Gasteiger partial charge in [0.2, 0.25) is 5.91 Å². The highest BCUT2D eigenvalue weighted by molar-refractivity contribution is 5.93. The minimum absolute atomic E-state index is 0.0997. The van der Waals surface area contributed by atoms with Crippen molar-refractivity contribution >= 4 is 11.7 Å². The van der Waals surface area contributed by atoms with Crippen LogP contribution < -0.4 is 15.4 Å². The van der Waals surface area contributed by atoms with Gasteiger partial charge in [-0.25, -0.2) is 13.8 Å². The lowest BCUT2D eigenvalue weighted by atomic mass is 10.2. The van der Waals surface area contributed by atoms with Crippen LogP contribution in [0.25, 0.3) is 0 Å². The Hall–Kier alpha value is -2.58. The van der Waals surface area contributed by atoms with Crippen molar-refractivity contribution in [2.75, 3.05) is 31.5 Å². The van der Waals surface area contributed by atoms with Gasteiger partial charge in [-0.1, -0.05) is 0 Å². The van der Waals surface area contributed by atoms with E-state index < -0.39 is 11.6 Å². The highest BCUT2D eigenvalue weighted by Gasteiger charge is 2.22. The minimum atomic E-state index is -0.799. The number of hydrogen-bond acceptors (Lipinski definition) is 5. The van der Waals surface area contributed by atoms with Crippen molar-refractivity contribution in [3.05, 3.63) is 48.2 Å². The number of rotatable bonds is 5. The SMILES string of the molecule is C[C@@H](C(=O)Nc1ccc(Oc2ccc(F)cc2F)cn1)N1CCNCC1. The fourth-order valence-electron chi connectivity index (χ4n) is 2.67. The maximum absolute atomic E-state index is 13.6. The first-order valence-electron chi connectivity index (χ1n) is 8.37. The van der Waals surface area contributed by atoms with Crippen LogP contribution in [0.4, 0.5) is 14.6 Å². The Morgan fingerprint density at radius 1 is 1.27 bits per heavy atom. The van der Waals surface area contributed by atoms with Gasteiger partial charge in [-0.15, -0.1) is 0 Å². The molecule has 3 rings (SSSR count). The fraction of sp³-hybridized carbons (Fsp3) is 0.333. The number of hydrogen-bond donors (Lipinski definition) is 2. The number of anilines is 1. The molecular weight excluding hydrogens is 342 g/mol. The number of carbonyl (C=O) groups is 1. The van der Waals surface area contributed by atoms with Gasteiger partial charge < -0.3 is 15.4 Å². The topological polar surface area (TPSA) is 66.5 Å². The zero-order valence-electron chi connectivity index (χ0n) is 14.3. The molecule has 1 atom stereocenters. The molecular formula is C18H20F2N4O2. The number of halogens is 2. The number of pyridine rings is 1. The van der Waals surface area contributed by atoms with Crippen LogP contribution in [0.1, 0.15) is 6.92 Å². The van der Waals surface area contributed by atoms with Gasteiger partial charge in [0.05, 0.1) is 12.2 Å². The highest BCUT2D eigenvalue weighted by atomic mass is 19.1. The summed E-state index contributed by atoms with van der Waals surface area (Å²) in [6.45, 7) is 5.22. The summed E-state index contributed by atoms with van der Waals surface area (Å²) in [6, 6.07) is 5.92. The van der Waals surface area contributed by atoms with E-state index in [-0.39, 0.29) is 23.4 Å². The van der Waals surface area contributed by atoms with Crippen LogP contribution in [-0.2, 0) is 4.79 Å². The fourth-order valence-corrected chi connectivity index (χ4v) is 2.67. The number of carbonyl (C=O) groups excluding carboxylic acids is 1. The van der Waals surface area contributed by atoms with Crippen molar-refractivity contribution in [3.8, 4) is 11.5 Å². The lowest BCUT2D eigenvalue weighted by Gasteiger charge is -2.31. The summed E-state index contributed by atoms with van der Waals surface area (Å²) >= 11 is 0. The van der Waals surface area contributed by atoms with E-state index in [9.17, 15) is 13.6 Å². The van der Waals surface area contributed by atoms with Crippen molar-refractivity contribution in [1.82, 2.24) is 15.2 Å². The third-order valence-electron chi connectivity index (χ3n) is 4.19. The molecule has 1 aliphatic heterocycles. The molecule has 0 unspecified atom stereocenters. The molecule has 0 radical (unpaired) electrons. The minimum Gasteiger partial charge on any atom is -0.453 e. The largest absolute Gasteiger partial charge is 0.453 e. The second-order valence-corrected chi connectivity index (χ2v) is 6.01. The van der Waals surface area contributed by atoms with Crippen molar-refractivity contribution in [1.29, 1.82) is 0 Å². The van der Waals surface area contributed by atoms with E-state index in [2.05, 4.69) is 20.5 Å². The Bertz CT molecular complexity index is 764. The molecule has 0 bridgehead atoms. The van der Waals surface area contributed by atoms with E-state index in [0.717, 1.165) is 38.3 Å². The molecule has 138 valence electrons. The summed E-state index contributed by atoms with van der Waals surface area (Å²) in [5, 5.41) is 6.00. The molecule has 2 heterocycles. The Balaban J connectivity index is 1.59. The zero-order valence-corrected chi connectivity index (χ0v) is 14.3. The van der Waals surface area contributed by atoms with E-state index in [1.165, 1.54) is 12.3 Å². The highest BCUT2D eigenvalue weighted by Crippen LogP contribution is 2.25. The van der Waals surface area contributed by atoms with Crippen LogP contribution >= 0.6 is 0 Å². The normalized spacial score (nSPS) is 16.1. The van der Waals surface area contributed by atoms with E-state index in [0.29, 0.717) is 5.82 Å². The number of piperazine rings is 1. The first-order valence-corrected chi connectivity index (χ1v) is 8.37. The van der Waals surface area contributed by atoms with E-state index >= 15 is 0 Å². The lowest BCUT2D eigenvalue weighted by molar-refractivity contribution is -0.121. The summed E-state index contributed by atoms with van der Waals surface area (Å²) in [6.07, 6.45) is 1.37. The number of nitrogens with one attached hydrogen (secondary N) is 2. The number of benzene rings is 1. The molecule has 2 N–H and O–H groups in total. The molecule has 2 aromatic rings. The molecule has 0 spiro atoms. The van der Waals surface area contributed by atoms with Crippen molar-refractivity contribution in [3.63, 3.8) is 0 Å². The summed E-state index contributed by atoms with van der Waals surface area (Å²) in [7, 11) is 0. The molecule has 8 heteroatoms. The average molecular weight is 362 g/mol. The summed E-state index contributed by atoms with van der Waals surface area (Å²) in [4.78, 5) is 18.5. The zero-order chi connectivity index (χ0) is 18.5. The second kappa shape index (κ2) is 8.20. The number of aromatic nitrogens is 1. The van der Waals surface area contributed by atoms with Gasteiger partial charge in [0.25, 0.3) is 0 Å².